The van der Waals surface area contributed by atoms with Gasteiger partial charge in [0.15, 0.2) is 5.96 Å². The van der Waals surface area contributed by atoms with Gasteiger partial charge in [-0.15, -0.1) is 0 Å². The van der Waals surface area contributed by atoms with Crippen LogP contribution in [0.25, 0.3) is 0 Å². The SMILES string of the molecule is CCNC(=NCC(O)COc1ccc(F)cc1)NCCCN1CCCCC1C. The predicted octanol–water partition coefficient (Wildman–Crippen LogP) is 2.39. The zero-order chi connectivity index (χ0) is 20.2. The molecule has 1 aliphatic rings. The largest absolute Gasteiger partial charge is 0.491 e. The molecule has 0 bridgehead atoms. The number of nitrogens with zero attached hydrogens (tertiary/aromatic N) is 2. The number of ether oxygens (including phenoxy) is 1. The van der Waals surface area contributed by atoms with Gasteiger partial charge in [-0.3, -0.25) is 4.99 Å². The first-order valence-corrected chi connectivity index (χ1v) is 10.4. The summed E-state index contributed by atoms with van der Waals surface area (Å²) in [6.45, 7) is 8.58. The molecule has 1 heterocycles. The Hall–Kier alpha value is -1.86. The smallest absolute Gasteiger partial charge is 0.191 e. The second-order valence-electron chi connectivity index (χ2n) is 7.30. The lowest BCUT2D eigenvalue weighted by Crippen LogP contribution is -2.41. The summed E-state index contributed by atoms with van der Waals surface area (Å²) < 4.78 is 18.3. The summed E-state index contributed by atoms with van der Waals surface area (Å²) in [5.41, 5.74) is 0. The first kappa shape index (κ1) is 22.4. The van der Waals surface area contributed by atoms with E-state index in [4.69, 9.17) is 4.74 Å². The predicted molar refractivity (Wildman–Crippen MR) is 111 cm³/mol. The molecule has 7 heteroatoms. The molecule has 0 aromatic heterocycles. The van der Waals surface area contributed by atoms with Crippen molar-refractivity contribution in [1.82, 2.24) is 15.5 Å². The fraction of sp³-hybridized carbons (Fsp3) is 0.667. The highest BCUT2D eigenvalue weighted by Crippen LogP contribution is 2.16. The number of guanidine groups is 1. The van der Waals surface area contributed by atoms with Gasteiger partial charge in [0.2, 0.25) is 0 Å². The van der Waals surface area contributed by atoms with Gasteiger partial charge in [-0.1, -0.05) is 6.42 Å². The number of piperidine rings is 1. The average molecular weight is 395 g/mol. The second-order valence-corrected chi connectivity index (χ2v) is 7.30. The molecular weight excluding hydrogens is 359 g/mol. The van der Waals surface area contributed by atoms with Crippen molar-refractivity contribution >= 4 is 5.96 Å². The van der Waals surface area contributed by atoms with E-state index >= 15 is 0 Å². The van der Waals surface area contributed by atoms with Gasteiger partial charge in [-0.05, 0) is 63.9 Å². The van der Waals surface area contributed by atoms with Gasteiger partial charge in [0.05, 0.1) is 6.54 Å². The van der Waals surface area contributed by atoms with Crippen molar-refractivity contribution in [3.05, 3.63) is 30.1 Å². The first-order chi connectivity index (χ1) is 13.6. The normalized spacial score (nSPS) is 19.3. The van der Waals surface area contributed by atoms with Gasteiger partial charge < -0.3 is 25.4 Å². The van der Waals surface area contributed by atoms with E-state index in [0.717, 1.165) is 26.1 Å². The molecule has 1 aromatic carbocycles. The highest BCUT2D eigenvalue weighted by molar-refractivity contribution is 5.79. The fourth-order valence-electron chi connectivity index (χ4n) is 3.29. The Kier molecular flexibility index (Phi) is 10.1. The number of nitrogens with one attached hydrogen (secondary N) is 2. The number of hydrogen-bond acceptors (Lipinski definition) is 4. The van der Waals surface area contributed by atoms with Gasteiger partial charge >= 0.3 is 0 Å². The van der Waals surface area contributed by atoms with E-state index in [-0.39, 0.29) is 19.0 Å². The molecule has 1 aromatic rings. The number of rotatable bonds is 10. The van der Waals surface area contributed by atoms with Crippen LogP contribution in [0.5, 0.6) is 5.75 Å². The fourth-order valence-corrected chi connectivity index (χ4v) is 3.29. The monoisotopic (exact) mass is 394 g/mol. The van der Waals surface area contributed by atoms with Crippen molar-refractivity contribution in [2.45, 2.75) is 51.7 Å². The Balaban J connectivity index is 1.67. The maximum absolute atomic E-state index is 12.9. The molecule has 28 heavy (non-hydrogen) atoms. The molecule has 158 valence electrons. The molecule has 1 fully saturated rings. The number of likely N-dealkylation sites (tertiary alicyclic amines) is 1. The van der Waals surface area contributed by atoms with E-state index in [9.17, 15) is 9.50 Å². The molecule has 0 aliphatic carbocycles. The Morgan fingerprint density at radius 3 is 2.82 bits per heavy atom. The van der Waals surface area contributed by atoms with Crippen LogP contribution in [0.4, 0.5) is 4.39 Å². The van der Waals surface area contributed by atoms with Gasteiger partial charge in [-0.25, -0.2) is 4.39 Å². The minimum absolute atomic E-state index is 0.112. The molecule has 2 unspecified atom stereocenters. The van der Waals surface area contributed by atoms with E-state index < -0.39 is 6.10 Å². The molecule has 0 spiro atoms. The van der Waals surface area contributed by atoms with Crippen LogP contribution in [0, 0.1) is 5.82 Å². The molecule has 0 radical (unpaired) electrons. The molecule has 0 amide bonds. The molecule has 2 atom stereocenters. The highest BCUT2D eigenvalue weighted by Gasteiger charge is 2.17. The lowest BCUT2D eigenvalue weighted by molar-refractivity contribution is 0.114. The van der Waals surface area contributed by atoms with Crippen LogP contribution in [-0.4, -0.2) is 67.4 Å². The third-order valence-electron chi connectivity index (χ3n) is 4.92. The zero-order valence-corrected chi connectivity index (χ0v) is 17.2. The summed E-state index contributed by atoms with van der Waals surface area (Å²) in [5, 5.41) is 16.6. The lowest BCUT2D eigenvalue weighted by atomic mass is 10.0. The molecule has 6 nitrogen and oxygen atoms in total. The number of benzene rings is 1. The Morgan fingerprint density at radius 1 is 1.32 bits per heavy atom. The number of hydrogen-bond donors (Lipinski definition) is 3. The van der Waals surface area contributed by atoms with Crippen molar-refractivity contribution in [1.29, 1.82) is 0 Å². The van der Waals surface area contributed by atoms with E-state index in [0.29, 0.717) is 17.8 Å². The van der Waals surface area contributed by atoms with Crippen LogP contribution in [-0.2, 0) is 0 Å². The molecule has 2 rings (SSSR count). The zero-order valence-electron chi connectivity index (χ0n) is 17.2. The van der Waals surface area contributed by atoms with E-state index in [1.165, 1.54) is 37.9 Å². The first-order valence-electron chi connectivity index (χ1n) is 10.4. The maximum atomic E-state index is 12.9. The topological polar surface area (TPSA) is 69.1 Å². The Bertz CT molecular complexity index is 582. The van der Waals surface area contributed by atoms with Crippen LogP contribution in [0.2, 0.25) is 0 Å². The van der Waals surface area contributed by atoms with E-state index in [1.54, 1.807) is 12.1 Å². The molecular formula is C21H35FN4O2. The molecule has 3 N–H and O–H groups in total. The second kappa shape index (κ2) is 12.6. The van der Waals surface area contributed by atoms with Crippen LogP contribution in [0.3, 0.4) is 0 Å². The molecule has 0 saturated carbocycles. The maximum Gasteiger partial charge on any atom is 0.191 e. The van der Waals surface area contributed by atoms with Crippen molar-refractivity contribution in [3.8, 4) is 5.75 Å². The minimum Gasteiger partial charge on any atom is -0.491 e. The number of aliphatic hydroxyl groups excluding tert-OH is 1. The lowest BCUT2D eigenvalue weighted by Gasteiger charge is -2.33. The van der Waals surface area contributed by atoms with Gasteiger partial charge in [0.1, 0.15) is 24.3 Å². The number of aliphatic imine (C=N–C) groups is 1. The van der Waals surface area contributed by atoms with Crippen molar-refractivity contribution in [2.24, 2.45) is 4.99 Å². The summed E-state index contributed by atoms with van der Waals surface area (Å²) in [6, 6.07) is 6.43. The highest BCUT2D eigenvalue weighted by atomic mass is 19.1. The third kappa shape index (κ3) is 8.44. The Labute approximate surface area is 168 Å². The third-order valence-corrected chi connectivity index (χ3v) is 4.92. The van der Waals surface area contributed by atoms with Crippen molar-refractivity contribution < 1.29 is 14.2 Å². The average Bonchev–Trinajstić information content (AvgIpc) is 2.70. The summed E-state index contributed by atoms with van der Waals surface area (Å²) in [6.07, 6.45) is 4.29. The molecule has 1 saturated heterocycles. The van der Waals surface area contributed by atoms with Crippen LogP contribution in [0.1, 0.15) is 39.5 Å². The standard InChI is InChI=1S/C21H35FN4O2/c1-3-23-21(24-12-6-14-26-13-5-4-7-17(26)2)25-15-19(27)16-28-20-10-8-18(22)9-11-20/h8-11,17,19,27H,3-7,12-16H2,1-2H3,(H2,23,24,25). The Morgan fingerprint density at radius 2 is 2.11 bits per heavy atom. The van der Waals surface area contributed by atoms with Crippen LogP contribution < -0.4 is 15.4 Å². The van der Waals surface area contributed by atoms with Crippen molar-refractivity contribution in [2.75, 3.05) is 39.3 Å². The van der Waals surface area contributed by atoms with E-state index in [1.807, 2.05) is 6.92 Å². The summed E-state index contributed by atoms with van der Waals surface area (Å²) in [5.74, 6) is 0.921. The minimum atomic E-state index is -0.727. The van der Waals surface area contributed by atoms with Crippen LogP contribution >= 0.6 is 0 Å². The van der Waals surface area contributed by atoms with Gasteiger partial charge in [0.25, 0.3) is 0 Å². The quantitative estimate of drug-likeness (QED) is 0.323. The number of halogens is 1. The van der Waals surface area contributed by atoms with Gasteiger partial charge in [0, 0.05) is 25.7 Å². The number of aliphatic hydroxyl groups is 1. The van der Waals surface area contributed by atoms with Gasteiger partial charge in [-0.2, -0.15) is 0 Å². The summed E-state index contributed by atoms with van der Waals surface area (Å²) in [7, 11) is 0. The summed E-state index contributed by atoms with van der Waals surface area (Å²) >= 11 is 0. The van der Waals surface area contributed by atoms with Crippen molar-refractivity contribution in [3.63, 3.8) is 0 Å². The van der Waals surface area contributed by atoms with E-state index in [2.05, 4.69) is 27.4 Å². The molecule has 1 aliphatic heterocycles. The summed E-state index contributed by atoms with van der Waals surface area (Å²) in [4.78, 5) is 6.99. The van der Waals surface area contributed by atoms with Crippen LogP contribution in [0.15, 0.2) is 29.3 Å².